The van der Waals surface area contributed by atoms with Crippen molar-refractivity contribution in [3.63, 3.8) is 0 Å². The molecule has 8 heteroatoms. The highest BCUT2D eigenvalue weighted by Crippen LogP contribution is 2.37. The van der Waals surface area contributed by atoms with Crippen LogP contribution in [0.3, 0.4) is 0 Å². The summed E-state index contributed by atoms with van der Waals surface area (Å²) in [6, 6.07) is 9.25. The molecule has 142 valence electrons. The van der Waals surface area contributed by atoms with Crippen molar-refractivity contribution in [3.8, 4) is 0 Å². The zero-order valence-corrected chi connectivity index (χ0v) is 15.9. The smallest absolute Gasteiger partial charge is 0.317 e. The fraction of sp³-hybridized carbons (Fsp3) is 0.556. The lowest BCUT2D eigenvalue weighted by Gasteiger charge is -2.33. The molecule has 0 aromatic heterocycles. The number of hydrogen-bond donors (Lipinski definition) is 1. The Morgan fingerprint density at radius 1 is 1.19 bits per heavy atom. The van der Waals surface area contributed by atoms with Crippen LogP contribution < -0.4 is 5.32 Å². The SMILES string of the molecule is CN(C)C(=O)[C@@H]1CCS(=O)(=O)[C@H]2CN(C(=O)NCc3ccccc3)C[C@@H]12. The fourth-order valence-electron chi connectivity index (χ4n) is 3.91. The van der Waals surface area contributed by atoms with Crippen LogP contribution in [0.15, 0.2) is 30.3 Å². The first-order valence-corrected chi connectivity index (χ1v) is 10.5. The molecule has 1 N–H and O–H groups in total. The molecule has 0 bridgehead atoms. The normalized spacial score (nSPS) is 26.8. The van der Waals surface area contributed by atoms with E-state index in [4.69, 9.17) is 0 Å². The van der Waals surface area contributed by atoms with Crippen molar-refractivity contribution in [2.45, 2.75) is 18.2 Å². The lowest BCUT2D eigenvalue weighted by molar-refractivity contribution is -0.134. The monoisotopic (exact) mass is 379 g/mol. The Labute approximate surface area is 154 Å². The zero-order chi connectivity index (χ0) is 18.9. The third kappa shape index (κ3) is 3.70. The van der Waals surface area contributed by atoms with Crippen molar-refractivity contribution in [2.24, 2.45) is 11.8 Å². The van der Waals surface area contributed by atoms with Crippen LogP contribution in [0.5, 0.6) is 0 Å². The second kappa shape index (κ2) is 7.26. The standard InChI is InChI=1S/C18H25N3O4S/c1-20(2)17(22)14-8-9-26(24,25)16-12-21(11-15(14)16)18(23)19-10-13-6-4-3-5-7-13/h3-7,14-16H,8-12H2,1-2H3,(H,19,23)/t14-,15+,16+/m1/s1. The summed E-state index contributed by atoms with van der Waals surface area (Å²) in [4.78, 5) is 28.0. The highest BCUT2D eigenvalue weighted by atomic mass is 32.2. The Balaban J connectivity index is 1.70. The van der Waals surface area contributed by atoms with Crippen LogP contribution in [0.25, 0.3) is 0 Å². The van der Waals surface area contributed by atoms with E-state index in [0.717, 1.165) is 5.56 Å². The summed E-state index contributed by atoms with van der Waals surface area (Å²) in [7, 11) is 0.0822. The van der Waals surface area contributed by atoms with Crippen molar-refractivity contribution in [2.75, 3.05) is 32.9 Å². The molecule has 7 nitrogen and oxygen atoms in total. The number of carbonyl (C=O) groups is 2. The van der Waals surface area contributed by atoms with Crippen LogP contribution in [0, 0.1) is 11.8 Å². The van der Waals surface area contributed by atoms with Gasteiger partial charge in [0, 0.05) is 45.6 Å². The van der Waals surface area contributed by atoms with E-state index in [1.54, 1.807) is 14.1 Å². The molecular formula is C18H25N3O4S. The number of urea groups is 1. The van der Waals surface area contributed by atoms with E-state index in [1.165, 1.54) is 9.80 Å². The molecule has 3 atom stereocenters. The fourth-order valence-corrected chi connectivity index (χ4v) is 6.01. The van der Waals surface area contributed by atoms with E-state index < -0.39 is 15.1 Å². The predicted octanol–water partition coefficient (Wildman–Crippen LogP) is 0.720. The molecule has 0 aliphatic carbocycles. The van der Waals surface area contributed by atoms with Crippen LogP contribution >= 0.6 is 0 Å². The van der Waals surface area contributed by atoms with E-state index in [2.05, 4.69) is 5.32 Å². The van der Waals surface area contributed by atoms with Crippen LogP contribution in [-0.4, -0.2) is 68.3 Å². The summed E-state index contributed by atoms with van der Waals surface area (Å²) < 4.78 is 24.9. The molecule has 2 fully saturated rings. The first kappa shape index (κ1) is 18.7. The van der Waals surface area contributed by atoms with Crippen LogP contribution in [0.1, 0.15) is 12.0 Å². The van der Waals surface area contributed by atoms with Gasteiger partial charge >= 0.3 is 6.03 Å². The van der Waals surface area contributed by atoms with Crippen LogP contribution in [-0.2, 0) is 21.2 Å². The molecule has 2 aliphatic rings. The van der Waals surface area contributed by atoms with Crippen molar-refractivity contribution < 1.29 is 18.0 Å². The first-order valence-electron chi connectivity index (χ1n) is 8.79. The molecule has 2 aliphatic heterocycles. The average molecular weight is 379 g/mol. The van der Waals surface area contributed by atoms with Gasteiger partial charge in [0.05, 0.1) is 11.0 Å². The quantitative estimate of drug-likeness (QED) is 0.838. The minimum Gasteiger partial charge on any atom is -0.349 e. The van der Waals surface area contributed by atoms with Crippen molar-refractivity contribution >= 4 is 21.8 Å². The number of hydrogen-bond acceptors (Lipinski definition) is 4. The number of nitrogens with one attached hydrogen (secondary N) is 1. The van der Waals surface area contributed by atoms with Crippen LogP contribution in [0.4, 0.5) is 4.79 Å². The lowest BCUT2D eigenvalue weighted by Crippen LogP contribution is -2.46. The van der Waals surface area contributed by atoms with Gasteiger partial charge in [0.2, 0.25) is 5.91 Å². The van der Waals surface area contributed by atoms with E-state index in [-0.39, 0.29) is 36.1 Å². The van der Waals surface area contributed by atoms with Crippen molar-refractivity contribution in [1.29, 1.82) is 0 Å². The summed E-state index contributed by atoms with van der Waals surface area (Å²) in [6.07, 6.45) is 0.333. The molecule has 0 radical (unpaired) electrons. The number of fused-ring (bicyclic) bond motifs is 1. The van der Waals surface area contributed by atoms with E-state index in [1.807, 2.05) is 30.3 Å². The highest BCUT2D eigenvalue weighted by Gasteiger charge is 2.51. The molecule has 3 rings (SSSR count). The average Bonchev–Trinajstić information content (AvgIpc) is 3.07. The number of nitrogens with zero attached hydrogens (tertiary/aromatic N) is 2. The van der Waals surface area contributed by atoms with E-state index >= 15 is 0 Å². The second-order valence-electron chi connectivity index (χ2n) is 7.25. The highest BCUT2D eigenvalue weighted by molar-refractivity contribution is 7.92. The summed E-state index contributed by atoms with van der Waals surface area (Å²) in [5, 5.41) is 2.20. The molecule has 26 heavy (non-hydrogen) atoms. The summed E-state index contributed by atoms with van der Waals surface area (Å²) in [5.74, 6) is -0.712. The van der Waals surface area contributed by atoms with Gasteiger partial charge in [-0.25, -0.2) is 13.2 Å². The summed E-state index contributed by atoms with van der Waals surface area (Å²) in [5.41, 5.74) is 0.978. The molecule has 2 heterocycles. The van der Waals surface area contributed by atoms with Crippen molar-refractivity contribution in [1.82, 2.24) is 15.1 Å². The molecule has 3 amide bonds. The maximum Gasteiger partial charge on any atom is 0.317 e. The molecule has 0 spiro atoms. The number of likely N-dealkylation sites (tertiary alicyclic amines) is 1. The lowest BCUT2D eigenvalue weighted by atomic mass is 9.87. The molecular weight excluding hydrogens is 354 g/mol. The Morgan fingerprint density at radius 3 is 2.54 bits per heavy atom. The van der Waals surface area contributed by atoms with E-state index in [0.29, 0.717) is 19.5 Å². The van der Waals surface area contributed by atoms with Gasteiger partial charge in [-0.3, -0.25) is 4.79 Å². The molecule has 1 aromatic carbocycles. The minimum absolute atomic E-state index is 0.0118. The number of amides is 3. The Bertz CT molecular complexity index is 779. The van der Waals surface area contributed by atoms with Gasteiger partial charge in [-0.2, -0.15) is 0 Å². The summed E-state index contributed by atoms with van der Waals surface area (Å²) >= 11 is 0. The predicted molar refractivity (Wildman–Crippen MR) is 98.1 cm³/mol. The molecule has 0 saturated carbocycles. The largest absolute Gasteiger partial charge is 0.349 e. The molecule has 0 unspecified atom stereocenters. The molecule has 2 saturated heterocycles. The number of carbonyl (C=O) groups excluding carboxylic acids is 2. The zero-order valence-electron chi connectivity index (χ0n) is 15.1. The number of benzene rings is 1. The Kier molecular flexibility index (Phi) is 5.22. The van der Waals surface area contributed by atoms with Gasteiger partial charge in [0.25, 0.3) is 0 Å². The third-order valence-electron chi connectivity index (χ3n) is 5.33. The second-order valence-corrected chi connectivity index (χ2v) is 9.59. The topological polar surface area (TPSA) is 86.8 Å². The van der Waals surface area contributed by atoms with Crippen LogP contribution in [0.2, 0.25) is 0 Å². The Hall–Kier alpha value is -2.09. The number of rotatable bonds is 3. The maximum atomic E-state index is 12.5. The maximum absolute atomic E-state index is 12.5. The van der Waals surface area contributed by atoms with Gasteiger partial charge < -0.3 is 15.1 Å². The molecule has 1 aromatic rings. The van der Waals surface area contributed by atoms with Gasteiger partial charge in [-0.1, -0.05) is 30.3 Å². The van der Waals surface area contributed by atoms with Gasteiger partial charge in [-0.05, 0) is 12.0 Å². The van der Waals surface area contributed by atoms with E-state index in [9.17, 15) is 18.0 Å². The Morgan fingerprint density at radius 2 is 1.88 bits per heavy atom. The van der Waals surface area contributed by atoms with Gasteiger partial charge in [-0.15, -0.1) is 0 Å². The van der Waals surface area contributed by atoms with Crippen molar-refractivity contribution in [3.05, 3.63) is 35.9 Å². The third-order valence-corrected chi connectivity index (χ3v) is 7.56. The number of sulfone groups is 1. The van der Waals surface area contributed by atoms with Gasteiger partial charge in [0.1, 0.15) is 0 Å². The minimum atomic E-state index is -3.28. The summed E-state index contributed by atoms with van der Waals surface area (Å²) in [6.45, 7) is 0.845. The van der Waals surface area contributed by atoms with Gasteiger partial charge in [0.15, 0.2) is 9.84 Å². The first-order chi connectivity index (χ1) is 12.3.